The van der Waals surface area contributed by atoms with Crippen LogP contribution in [0.15, 0.2) is 66.7 Å². The fraction of sp³-hybridized carbons (Fsp3) is 0.241. The Morgan fingerprint density at radius 1 is 1.06 bits per heavy atom. The fourth-order valence-electron chi connectivity index (χ4n) is 4.87. The van der Waals surface area contributed by atoms with Crippen LogP contribution in [0, 0.1) is 6.92 Å². The highest BCUT2D eigenvalue weighted by Gasteiger charge is 2.42. The lowest BCUT2D eigenvalue weighted by atomic mass is 9.95. The van der Waals surface area contributed by atoms with Gasteiger partial charge in [0.05, 0.1) is 18.3 Å². The van der Waals surface area contributed by atoms with Gasteiger partial charge in [0.2, 0.25) is 6.79 Å². The molecule has 6 rings (SSSR count). The van der Waals surface area contributed by atoms with Gasteiger partial charge in [-0.25, -0.2) is 0 Å². The van der Waals surface area contributed by atoms with Crippen molar-refractivity contribution in [2.75, 3.05) is 13.4 Å². The Hall–Kier alpha value is -4.26. The van der Waals surface area contributed by atoms with Crippen LogP contribution in [0.1, 0.15) is 52.1 Å². The minimum absolute atomic E-state index is 0.0848. The van der Waals surface area contributed by atoms with E-state index in [9.17, 15) is 4.79 Å². The zero-order valence-electron chi connectivity index (χ0n) is 20.3. The van der Waals surface area contributed by atoms with Crippen molar-refractivity contribution < 1.29 is 19.0 Å². The Bertz CT molecular complexity index is 1430. The molecule has 1 atom stereocenters. The number of fused-ring (bicyclic) bond motifs is 2. The normalized spacial score (nSPS) is 15.9. The van der Waals surface area contributed by atoms with Crippen LogP contribution in [-0.2, 0) is 6.54 Å². The number of carbonyl (C=O) groups excluding carboxylic acids is 1. The quantitative estimate of drug-likeness (QED) is 0.369. The van der Waals surface area contributed by atoms with E-state index in [0.717, 1.165) is 45.9 Å². The number of aryl methyl sites for hydroxylation is 1. The molecule has 7 nitrogen and oxygen atoms in total. The first-order valence-electron chi connectivity index (χ1n) is 12.2. The second-order valence-corrected chi connectivity index (χ2v) is 9.17. The summed E-state index contributed by atoms with van der Waals surface area (Å²) in [5, 5.41) is 7.62. The summed E-state index contributed by atoms with van der Waals surface area (Å²) < 4.78 is 17.0. The van der Waals surface area contributed by atoms with Crippen molar-refractivity contribution in [2.45, 2.75) is 32.9 Å². The van der Waals surface area contributed by atoms with E-state index in [4.69, 9.17) is 14.2 Å². The maximum atomic E-state index is 13.7. The minimum atomic E-state index is -0.321. The molecule has 1 amide bonds. The van der Waals surface area contributed by atoms with Crippen molar-refractivity contribution in [2.24, 2.45) is 0 Å². The van der Waals surface area contributed by atoms with Crippen LogP contribution >= 0.6 is 0 Å². The maximum absolute atomic E-state index is 13.7. The van der Waals surface area contributed by atoms with Crippen molar-refractivity contribution in [3.8, 4) is 28.5 Å². The van der Waals surface area contributed by atoms with Gasteiger partial charge in [-0.05, 0) is 48.7 Å². The van der Waals surface area contributed by atoms with Gasteiger partial charge in [0.15, 0.2) is 11.5 Å². The Labute approximate surface area is 209 Å². The number of hydrogen-bond acceptors (Lipinski definition) is 5. The molecule has 4 aromatic rings. The van der Waals surface area contributed by atoms with E-state index in [1.807, 2.05) is 47.4 Å². The average Bonchev–Trinajstić information content (AvgIpc) is 3.60. The van der Waals surface area contributed by atoms with Crippen LogP contribution in [0.4, 0.5) is 0 Å². The van der Waals surface area contributed by atoms with Crippen molar-refractivity contribution in [3.05, 3.63) is 94.7 Å². The van der Waals surface area contributed by atoms with Crippen molar-refractivity contribution in [1.29, 1.82) is 0 Å². The Morgan fingerprint density at radius 2 is 1.89 bits per heavy atom. The van der Waals surface area contributed by atoms with Crippen LogP contribution in [0.25, 0.3) is 11.3 Å². The highest BCUT2D eigenvalue weighted by atomic mass is 16.7. The molecule has 1 unspecified atom stereocenters. The number of ether oxygens (including phenoxy) is 3. The largest absolute Gasteiger partial charge is 0.494 e. The van der Waals surface area contributed by atoms with Gasteiger partial charge in [-0.3, -0.25) is 9.89 Å². The summed E-state index contributed by atoms with van der Waals surface area (Å²) in [6.07, 6.45) is 0.922. The second-order valence-electron chi connectivity index (χ2n) is 9.17. The van der Waals surface area contributed by atoms with E-state index >= 15 is 0 Å². The number of nitrogens with zero attached hydrogens (tertiary/aromatic N) is 2. The van der Waals surface area contributed by atoms with Crippen LogP contribution in [-0.4, -0.2) is 34.4 Å². The van der Waals surface area contributed by atoms with Gasteiger partial charge in [-0.15, -0.1) is 0 Å². The van der Waals surface area contributed by atoms with Crippen molar-refractivity contribution in [1.82, 2.24) is 15.1 Å². The Morgan fingerprint density at radius 3 is 2.72 bits per heavy atom. The van der Waals surface area contributed by atoms with Gasteiger partial charge in [0.25, 0.3) is 5.91 Å². The first-order chi connectivity index (χ1) is 17.6. The Kier molecular flexibility index (Phi) is 5.60. The standard InChI is InChI=1S/C29H27N3O4/c1-3-13-34-22-6-4-5-21(15-22)28-25-26(20-10-7-18(2)8-11-20)30-31-27(25)29(33)32(28)16-19-9-12-23-24(14-19)36-17-35-23/h4-12,14-15,28H,3,13,16-17H2,1-2H3,(H,30,31). The summed E-state index contributed by atoms with van der Waals surface area (Å²) in [6.45, 7) is 5.40. The monoisotopic (exact) mass is 481 g/mol. The third-order valence-electron chi connectivity index (χ3n) is 6.63. The molecule has 0 aliphatic carbocycles. The molecular weight excluding hydrogens is 454 g/mol. The molecule has 2 aliphatic rings. The number of rotatable bonds is 7. The number of amides is 1. The first-order valence-corrected chi connectivity index (χ1v) is 12.2. The van der Waals surface area contributed by atoms with E-state index in [1.165, 1.54) is 5.56 Å². The average molecular weight is 482 g/mol. The number of H-pyrrole nitrogens is 1. The van der Waals surface area contributed by atoms with Gasteiger partial charge >= 0.3 is 0 Å². The molecule has 0 fully saturated rings. The van der Waals surface area contributed by atoms with E-state index in [0.29, 0.717) is 24.6 Å². The van der Waals surface area contributed by atoms with E-state index in [2.05, 4.69) is 48.3 Å². The van der Waals surface area contributed by atoms with Crippen LogP contribution in [0.3, 0.4) is 0 Å². The number of aromatic amines is 1. The molecule has 1 N–H and O–H groups in total. The molecule has 7 heteroatoms. The Balaban J connectivity index is 1.44. The summed E-state index contributed by atoms with van der Waals surface area (Å²) in [4.78, 5) is 15.6. The van der Waals surface area contributed by atoms with Crippen molar-refractivity contribution >= 4 is 5.91 Å². The lowest BCUT2D eigenvalue weighted by Gasteiger charge is -2.27. The van der Waals surface area contributed by atoms with Crippen LogP contribution in [0.2, 0.25) is 0 Å². The summed E-state index contributed by atoms with van der Waals surface area (Å²) in [5.74, 6) is 2.13. The summed E-state index contributed by atoms with van der Waals surface area (Å²) in [7, 11) is 0. The lowest BCUT2D eigenvalue weighted by molar-refractivity contribution is 0.0729. The number of nitrogens with one attached hydrogen (secondary N) is 1. The van der Waals surface area contributed by atoms with E-state index in [-0.39, 0.29) is 18.7 Å². The molecule has 36 heavy (non-hydrogen) atoms. The predicted molar refractivity (Wildman–Crippen MR) is 135 cm³/mol. The van der Waals surface area contributed by atoms with Gasteiger partial charge in [0, 0.05) is 17.7 Å². The molecule has 1 aromatic heterocycles. The molecule has 3 heterocycles. The van der Waals surface area contributed by atoms with E-state index < -0.39 is 0 Å². The van der Waals surface area contributed by atoms with Gasteiger partial charge in [-0.2, -0.15) is 5.10 Å². The van der Waals surface area contributed by atoms with Gasteiger partial charge in [0.1, 0.15) is 11.4 Å². The summed E-state index contributed by atoms with van der Waals surface area (Å²) >= 11 is 0. The van der Waals surface area contributed by atoms with Crippen LogP contribution in [0.5, 0.6) is 17.2 Å². The molecule has 0 spiro atoms. The number of hydrogen-bond donors (Lipinski definition) is 1. The molecule has 0 bridgehead atoms. The molecule has 0 radical (unpaired) electrons. The molecule has 0 saturated carbocycles. The molecular formula is C29H27N3O4. The molecule has 2 aliphatic heterocycles. The lowest BCUT2D eigenvalue weighted by Crippen LogP contribution is -2.29. The fourth-order valence-corrected chi connectivity index (χ4v) is 4.87. The molecule has 3 aromatic carbocycles. The zero-order chi connectivity index (χ0) is 24.6. The van der Waals surface area contributed by atoms with E-state index in [1.54, 1.807) is 0 Å². The molecule has 182 valence electrons. The number of carbonyl (C=O) groups is 1. The summed E-state index contributed by atoms with van der Waals surface area (Å²) in [6, 6.07) is 21.7. The number of benzene rings is 3. The SMILES string of the molecule is CCCOc1cccc(C2c3c(-c4ccc(C)cc4)n[nH]c3C(=O)N2Cc2ccc3c(c2)OCO3)c1. The smallest absolute Gasteiger partial charge is 0.273 e. The van der Waals surface area contributed by atoms with Gasteiger partial charge < -0.3 is 19.1 Å². The maximum Gasteiger partial charge on any atom is 0.273 e. The first kappa shape index (κ1) is 22.2. The highest BCUT2D eigenvalue weighted by molar-refractivity contribution is 6.00. The third kappa shape index (κ3) is 3.86. The molecule has 0 saturated heterocycles. The van der Waals surface area contributed by atoms with Crippen LogP contribution < -0.4 is 14.2 Å². The third-order valence-corrected chi connectivity index (χ3v) is 6.63. The second kappa shape index (κ2) is 9.07. The van der Waals surface area contributed by atoms with Crippen molar-refractivity contribution in [3.63, 3.8) is 0 Å². The predicted octanol–water partition coefficient (Wildman–Crippen LogP) is 5.65. The highest BCUT2D eigenvalue weighted by Crippen LogP contribution is 2.44. The number of aromatic nitrogens is 2. The summed E-state index contributed by atoms with van der Waals surface area (Å²) in [5.41, 5.74) is 6.28. The topological polar surface area (TPSA) is 76.7 Å². The minimum Gasteiger partial charge on any atom is -0.494 e. The van der Waals surface area contributed by atoms with Gasteiger partial charge in [-0.1, -0.05) is 55.0 Å². The zero-order valence-corrected chi connectivity index (χ0v) is 20.3.